The average Bonchev–Trinajstić information content (AvgIpc) is 2.05. The van der Waals surface area contributed by atoms with Crippen molar-refractivity contribution in [2.24, 2.45) is 0 Å². The summed E-state index contributed by atoms with van der Waals surface area (Å²) in [5.41, 5.74) is 2.13. The highest BCUT2D eigenvalue weighted by atomic mass is 32.1. The van der Waals surface area contributed by atoms with Crippen molar-refractivity contribution in [2.75, 3.05) is 5.75 Å². The SMILES string of the molecule is Cc1cncc(C#CCCS)c1. The van der Waals surface area contributed by atoms with Gasteiger partial charge in [-0.25, -0.2) is 0 Å². The highest BCUT2D eigenvalue weighted by Crippen LogP contribution is 1.98. The maximum Gasteiger partial charge on any atom is 0.0431 e. The third-order valence-electron chi connectivity index (χ3n) is 1.34. The molecule has 1 nitrogen and oxygen atoms in total. The van der Waals surface area contributed by atoms with E-state index in [1.165, 1.54) is 0 Å². The van der Waals surface area contributed by atoms with E-state index in [2.05, 4.69) is 29.5 Å². The number of rotatable bonds is 1. The molecule has 0 saturated carbocycles. The molecular formula is C10H11NS. The molecule has 0 aliphatic rings. The van der Waals surface area contributed by atoms with Gasteiger partial charge in [-0.3, -0.25) is 4.98 Å². The number of aromatic nitrogens is 1. The second kappa shape index (κ2) is 4.84. The lowest BCUT2D eigenvalue weighted by atomic mass is 10.2. The maximum absolute atomic E-state index is 4.07. The van der Waals surface area contributed by atoms with Crippen LogP contribution in [0.4, 0.5) is 0 Å². The van der Waals surface area contributed by atoms with E-state index < -0.39 is 0 Å². The van der Waals surface area contributed by atoms with Gasteiger partial charge < -0.3 is 0 Å². The number of hydrogen-bond donors (Lipinski definition) is 1. The van der Waals surface area contributed by atoms with E-state index in [0.717, 1.165) is 23.3 Å². The van der Waals surface area contributed by atoms with Gasteiger partial charge in [0.25, 0.3) is 0 Å². The minimum atomic E-state index is 0.812. The summed E-state index contributed by atoms with van der Waals surface area (Å²) in [7, 11) is 0. The molecule has 1 aromatic heterocycles. The first-order valence-electron chi connectivity index (χ1n) is 3.84. The molecular weight excluding hydrogens is 166 g/mol. The number of pyridine rings is 1. The molecule has 0 saturated heterocycles. The van der Waals surface area contributed by atoms with E-state index in [1.54, 1.807) is 6.20 Å². The summed E-state index contributed by atoms with van der Waals surface area (Å²) in [6, 6.07) is 2.03. The first kappa shape index (κ1) is 9.15. The highest BCUT2D eigenvalue weighted by molar-refractivity contribution is 7.80. The standard InChI is InChI=1S/C10H11NS/c1-9-6-10(8-11-7-9)4-2-3-5-12/h6-8,12H,3,5H2,1H3. The van der Waals surface area contributed by atoms with Gasteiger partial charge in [0.2, 0.25) is 0 Å². The fourth-order valence-electron chi connectivity index (χ4n) is 0.844. The molecule has 1 aromatic rings. The molecule has 2 heteroatoms. The van der Waals surface area contributed by atoms with Crippen LogP contribution in [0.3, 0.4) is 0 Å². The Morgan fingerprint density at radius 2 is 2.33 bits per heavy atom. The van der Waals surface area contributed by atoms with Crippen LogP contribution in [0.15, 0.2) is 18.5 Å². The van der Waals surface area contributed by atoms with Crippen molar-refractivity contribution in [1.82, 2.24) is 4.98 Å². The largest absolute Gasteiger partial charge is 0.263 e. The van der Waals surface area contributed by atoms with Gasteiger partial charge in [0.15, 0.2) is 0 Å². The van der Waals surface area contributed by atoms with Gasteiger partial charge in [-0.2, -0.15) is 12.6 Å². The lowest BCUT2D eigenvalue weighted by molar-refractivity contribution is 1.25. The fraction of sp³-hybridized carbons (Fsp3) is 0.300. The van der Waals surface area contributed by atoms with Gasteiger partial charge in [0.05, 0.1) is 0 Å². The molecule has 1 rings (SSSR count). The Kier molecular flexibility index (Phi) is 3.69. The molecule has 0 aromatic carbocycles. The number of aryl methyl sites for hydroxylation is 1. The predicted molar refractivity (Wildman–Crippen MR) is 54.3 cm³/mol. The Balaban J connectivity index is 2.71. The molecule has 0 fully saturated rings. The molecule has 0 radical (unpaired) electrons. The number of nitrogens with zero attached hydrogens (tertiary/aromatic N) is 1. The number of thiol groups is 1. The van der Waals surface area contributed by atoms with Crippen molar-refractivity contribution < 1.29 is 0 Å². The van der Waals surface area contributed by atoms with Crippen LogP contribution in [0.25, 0.3) is 0 Å². The number of hydrogen-bond acceptors (Lipinski definition) is 2. The van der Waals surface area contributed by atoms with E-state index in [9.17, 15) is 0 Å². The topological polar surface area (TPSA) is 12.9 Å². The van der Waals surface area contributed by atoms with Gasteiger partial charge in [0.1, 0.15) is 0 Å². The predicted octanol–water partition coefficient (Wildman–Crippen LogP) is 2.06. The Labute approximate surface area is 78.6 Å². The summed E-state index contributed by atoms with van der Waals surface area (Å²) in [5.74, 6) is 6.85. The molecule has 0 aliphatic heterocycles. The van der Waals surface area contributed by atoms with Crippen LogP contribution in [0.2, 0.25) is 0 Å². The molecule has 0 aliphatic carbocycles. The molecule has 12 heavy (non-hydrogen) atoms. The maximum atomic E-state index is 4.07. The monoisotopic (exact) mass is 177 g/mol. The van der Waals surface area contributed by atoms with E-state index >= 15 is 0 Å². The summed E-state index contributed by atoms with van der Waals surface area (Å²) < 4.78 is 0. The zero-order valence-corrected chi connectivity index (χ0v) is 7.94. The van der Waals surface area contributed by atoms with Gasteiger partial charge in [0, 0.05) is 30.1 Å². The normalized spacial score (nSPS) is 8.83. The van der Waals surface area contributed by atoms with Crippen LogP contribution in [0, 0.1) is 18.8 Å². The zero-order chi connectivity index (χ0) is 8.81. The van der Waals surface area contributed by atoms with Crippen LogP contribution in [0.1, 0.15) is 17.5 Å². The minimum Gasteiger partial charge on any atom is -0.263 e. The molecule has 0 spiro atoms. The summed E-state index contributed by atoms with van der Waals surface area (Å²) in [6.45, 7) is 2.01. The quantitative estimate of drug-likeness (QED) is 0.512. The Morgan fingerprint density at radius 3 is 3.00 bits per heavy atom. The zero-order valence-electron chi connectivity index (χ0n) is 7.04. The molecule has 1 heterocycles. The molecule has 0 amide bonds. The van der Waals surface area contributed by atoms with Gasteiger partial charge in [-0.15, -0.1) is 0 Å². The van der Waals surface area contributed by atoms with E-state index in [4.69, 9.17) is 0 Å². The molecule has 0 unspecified atom stereocenters. The van der Waals surface area contributed by atoms with Gasteiger partial charge >= 0.3 is 0 Å². The van der Waals surface area contributed by atoms with Crippen molar-refractivity contribution >= 4 is 12.6 Å². The molecule has 62 valence electrons. The van der Waals surface area contributed by atoms with Crippen LogP contribution < -0.4 is 0 Å². The first-order valence-corrected chi connectivity index (χ1v) is 4.47. The summed E-state index contributed by atoms with van der Waals surface area (Å²) >= 11 is 4.07. The van der Waals surface area contributed by atoms with E-state index in [1.807, 2.05) is 19.2 Å². The summed E-state index contributed by atoms with van der Waals surface area (Å²) in [5, 5.41) is 0. The second-order valence-corrected chi connectivity index (χ2v) is 2.97. The smallest absolute Gasteiger partial charge is 0.0431 e. The van der Waals surface area contributed by atoms with Crippen LogP contribution >= 0.6 is 12.6 Å². The minimum absolute atomic E-state index is 0.812. The van der Waals surface area contributed by atoms with Gasteiger partial charge in [-0.05, 0) is 18.6 Å². The summed E-state index contributed by atoms with van der Waals surface area (Å²) in [6.07, 6.45) is 4.43. The fourth-order valence-corrected chi connectivity index (χ4v) is 0.956. The molecule has 0 atom stereocenters. The lowest BCUT2D eigenvalue weighted by Crippen LogP contribution is -1.80. The second-order valence-electron chi connectivity index (χ2n) is 2.53. The first-order chi connectivity index (χ1) is 5.83. The molecule has 0 N–H and O–H groups in total. The van der Waals surface area contributed by atoms with Crippen molar-refractivity contribution in [3.8, 4) is 11.8 Å². The highest BCUT2D eigenvalue weighted by Gasteiger charge is 1.86. The average molecular weight is 177 g/mol. The van der Waals surface area contributed by atoms with Crippen LogP contribution in [0.5, 0.6) is 0 Å². The van der Waals surface area contributed by atoms with E-state index in [-0.39, 0.29) is 0 Å². The van der Waals surface area contributed by atoms with Crippen molar-refractivity contribution in [3.05, 3.63) is 29.6 Å². The van der Waals surface area contributed by atoms with Gasteiger partial charge in [-0.1, -0.05) is 11.8 Å². The third kappa shape index (κ3) is 2.98. The Morgan fingerprint density at radius 1 is 1.50 bits per heavy atom. The molecule has 0 bridgehead atoms. The van der Waals surface area contributed by atoms with E-state index in [0.29, 0.717) is 0 Å². The lowest BCUT2D eigenvalue weighted by Gasteiger charge is -1.90. The van der Waals surface area contributed by atoms with Crippen molar-refractivity contribution in [3.63, 3.8) is 0 Å². The Hall–Kier alpha value is -0.940. The van der Waals surface area contributed by atoms with Crippen LogP contribution in [-0.4, -0.2) is 10.7 Å². The third-order valence-corrected chi connectivity index (χ3v) is 1.57. The summed E-state index contributed by atoms with van der Waals surface area (Å²) in [4.78, 5) is 4.04. The van der Waals surface area contributed by atoms with Crippen LogP contribution in [-0.2, 0) is 0 Å². The van der Waals surface area contributed by atoms with Crippen molar-refractivity contribution in [2.45, 2.75) is 13.3 Å². The van der Waals surface area contributed by atoms with Crippen molar-refractivity contribution in [1.29, 1.82) is 0 Å². The Bertz CT molecular complexity index is 309.